The Kier molecular flexibility index (Phi) is 8.58. The van der Waals surface area contributed by atoms with Crippen molar-refractivity contribution in [3.8, 4) is 11.1 Å². The van der Waals surface area contributed by atoms with Crippen LogP contribution in [0.1, 0.15) is 29.0 Å². The minimum Gasteiger partial charge on any atom is -0.480 e. The largest absolute Gasteiger partial charge is 0.480 e. The van der Waals surface area contributed by atoms with Gasteiger partial charge in [-0.2, -0.15) is 0 Å². The number of azide groups is 1. The van der Waals surface area contributed by atoms with E-state index in [4.69, 9.17) is 15.0 Å². The number of aliphatic carboxylic acids is 1. The highest BCUT2D eigenvalue weighted by Gasteiger charge is 2.37. The number of amides is 1. The SMILES string of the molecule is [N-]=[N+]=NCCC(C(=O)OCc1ccccc1)[C@@H](NC(=O)OCC1c2ccccc2-c2ccccc21)C(=O)O. The minimum absolute atomic E-state index is 0.0198. The molecule has 0 fully saturated rings. The Bertz CT molecular complexity index is 1310. The van der Waals surface area contributed by atoms with E-state index in [1.807, 2.05) is 54.6 Å². The summed E-state index contributed by atoms with van der Waals surface area (Å²) in [5.41, 5.74) is 13.5. The summed E-state index contributed by atoms with van der Waals surface area (Å²) in [6.45, 7) is -0.249. The summed E-state index contributed by atoms with van der Waals surface area (Å²) in [5.74, 6) is -3.80. The number of nitrogens with one attached hydrogen (secondary N) is 1. The quantitative estimate of drug-likeness (QED) is 0.158. The predicted molar refractivity (Wildman–Crippen MR) is 138 cm³/mol. The van der Waals surface area contributed by atoms with E-state index in [-0.39, 0.29) is 32.1 Å². The summed E-state index contributed by atoms with van der Waals surface area (Å²) in [6.07, 6.45) is -1.12. The van der Waals surface area contributed by atoms with E-state index in [9.17, 15) is 19.5 Å². The summed E-state index contributed by atoms with van der Waals surface area (Å²) in [7, 11) is 0. The van der Waals surface area contributed by atoms with Gasteiger partial charge in [0.15, 0.2) is 0 Å². The van der Waals surface area contributed by atoms with Gasteiger partial charge < -0.3 is 19.9 Å². The van der Waals surface area contributed by atoms with Crippen molar-refractivity contribution >= 4 is 18.0 Å². The lowest BCUT2D eigenvalue weighted by atomic mass is 9.96. The Morgan fingerprint density at radius 1 is 0.921 bits per heavy atom. The van der Waals surface area contributed by atoms with Crippen LogP contribution in [0.5, 0.6) is 0 Å². The maximum absolute atomic E-state index is 12.9. The van der Waals surface area contributed by atoms with Crippen LogP contribution >= 0.6 is 0 Å². The Labute approximate surface area is 218 Å². The summed E-state index contributed by atoms with van der Waals surface area (Å²) in [4.78, 5) is 40.4. The van der Waals surface area contributed by atoms with Crippen LogP contribution in [-0.2, 0) is 25.7 Å². The third kappa shape index (κ3) is 6.11. The average Bonchev–Trinajstić information content (AvgIpc) is 3.26. The van der Waals surface area contributed by atoms with Gasteiger partial charge in [-0.1, -0.05) is 84.0 Å². The number of nitrogens with zero attached hydrogens (tertiary/aromatic N) is 3. The molecule has 1 amide bonds. The zero-order valence-corrected chi connectivity index (χ0v) is 20.4. The van der Waals surface area contributed by atoms with Crippen molar-refractivity contribution in [2.24, 2.45) is 11.0 Å². The monoisotopic (exact) mass is 514 g/mol. The molecule has 4 rings (SSSR count). The smallest absolute Gasteiger partial charge is 0.407 e. The third-order valence-corrected chi connectivity index (χ3v) is 6.42. The molecule has 0 heterocycles. The summed E-state index contributed by atoms with van der Waals surface area (Å²) >= 11 is 0. The zero-order valence-electron chi connectivity index (χ0n) is 20.4. The topological polar surface area (TPSA) is 151 Å². The van der Waals surface area contributed by atoms with Crippen LogP contribution in [-0.4, -0.2) is 42.3 Å². The van der Waals surface area contributed by atoms with Gasteiger partial charge >= 0.3 is 18.0 Å². The van der Waals surface area contributed by atoms with Crippen molar-refractivity contribution in [3.05, 3.63) is 106 Å². The highest BCUT2D eigenvalue weighted by Crippen LogP contribution is 2.44. The number of hydrogen-bond acceptors (Lipinski definition) is 6. The molecule has 10 nitrogen and oxygen atoms in total. The Morgan fingerprint density at radius 3 is 2.13 bits per heavy atom. The number of carbonyl (C=O) groups excluding carboxylic acids is 2. The van der Waals surface area contributed by atoms with Crippen molar-refractivity contribution in [1.82, 2.24) is 5.32 Å². The second-order valence-electron chi connectivity index (χ2n) is 8.73. The molecule has 0 aliphatic heterocycles. The number of ether oxygens (including phenoxy) is 2. The van der Waals surface area contributed by atoms with Gasteiger partial charge in [0.05, 0.1) is 5.92 Å². The number of alkyl carbamates (subject to hydrolysis) is 1. The third-order valence-electron chi connectivity index (χ3n) is 6.42. The summed E-state index contributed by atoms with van der Waals surface area (Å²) < 4.78 is 10.8. The molecule has 2 atom stereocenters. The van der Waals surface area contributed by atoms with Crippen LogP contribution < -0.4 is 5.32 Å². The molecule has 1 unspecified atom stereocenters. The molecule has 1 aliphatic carbocycles. The molecular weight excluding hydrogens is 488 g/mol. The molecule has 3 aromatic rings. The molecule has 0 saturated heterocycles. The summed E-state index contributed by atoms with van der Waals surface area (Å²) in [5, 5.41) is 15.5. The Morgan fingerprint density at radius 2 is 1.53 bits per heavy atom. The first kappa shape index (κ1) is 26.2. The lowest BCUT2D eigenvalue weighted by Gasteiger charge is -2.23. The first-order valence-electron chi connectivity index (χ1n) is 12.0. The van der Waals surface area contributed by atoms with Gasteiger partial charge in [-0.15, -0.1) is 0 Å². The lowest BCUT2D eigenvalue weighted by Crippen LogP contribution is -2.49. The van der Waals surface area contributed by atoms with Crippen molar-refractivity contribution in [3.63, 3.8) is 0 Å². The Hall–Kier alpha value is -4.82. The maximum Gasteiger partial charge on any atom is 0.407 e. The van der Waals surface area contributed by atoms with E-state index >= 15 is 0 Å². The van der Waals surface area contributed by atoms with E-state index in [2.05, 4.69) is 15.3 Å². The number of esters is 1. The van der Waals surface area contributed by atoms with Crippen LogP contribution in [0.15, 0.2) is 84.0 Å². The number of carboxylic acid groups (broad SMARTS) is 1. The molecule has 1 aliphatic rings. The van der Waals surface area contributed by atoms with E-state index in [1.54, 1.807) is 24.3 Å². The lowest BCUT2D eigenvalue weighted by molar-refractivity contribution is -0.156. The molecule has 0 radical (unpaired) electrons. The second-order valence-corrected chi connectivity index (χ2v) is 8.73. The number of benzene rings is 3. The molecule has 0 spiro atoms. The zero-order chi connectivity index (χ0) is 26.9. The van der Waals surface area contributed by atoms with Gasteiger partial charge in [0, 0.05) is 17.4 Å². The number of fused-ring (bicyclic) bond motifs is 3. The predicted octanol–water partition coefficient (Wildman–Crippen LogP) is 5.04. The maximum atomic E-state index is 12.9. The first-order chi connectivity index (χ1) is 18.5. The normalized spacial score (nSPS) is 13.3. The first-order valence-corrected chi connectivity index (χ1v) is 12.0. The summed E-state index contributed by atoms with van der Waals surface area (Å²) in [6, 6.07) is 22.9. The van der Waals surface area contributed by atoms with E-state index < -0.39 is 30.0 Å². The van der Waals surface area contributed by atoms with Crippen molar-refractivity contribution in [2.45, 2.75) is 25.0 Å². The number of carbonyl (C=O) groups is 3. The van der Waals surface area contributed by atoms with Crippen LogP contribution in [0.3, 0.4) is 0 Å². The van der Waals surface area contributed by atoms with Crippen molar-refractivity contribution < 1.29 is 29.0 Å². The Balaban J connectivity index is 1.44. The minimum atomic E-state index is -1.65. The van der Waals surface area contributed by atoms with Gasteiger partial charge in [-0.25, -0.2) is 9.59 Å². The van der Waals surface area contributed by atoms with Crippen LogP contribution in [0.4, 0.5) is 4.79 Å². The van der Waals surface area contributed by atoms with Crippen molar-refractivity contribution in [1.29, 1.82) is 0 Å². The highest BCUT2D eigenvalue weighted by molar-refractivity contribution is 5.87. The van der Waals surface area contributed by atoms with Crippen molar-refractivity contribution in [2.75, 3.05) is 13.2 Å². The molecule has 0 saturated carbocycles. The van der Waals surface area contributed by atoms with Gasteiger partial charge in [0.1, 0.15) is 19.3 Å². The number of rotatable bonds is 11. The van der Waals surface area contributed by atoms with E-state index in [0.717, 1.165) is 22.3 Å². The van der Waals surface area contributed by atoms with E-state index in [0.29, 0.717) is 5.56 Å². The number of hydrogen-bond donors (Lipinski definition) is 2. The highest BCUT2D eigenvalue weighted by atomic mass is 16.6. The molecule has 2 N–H and O–H groups in total. The van der Waals surface area contributed by atoms with Crippen LogP contribution in [0, 0.1) is 5.92 Å². The molecule has 38 heavy (non-hydrogen) atoms. The van der Waals surface area contributed by atoms with E-state index in [1.165, 1.54) is 0 Å². The van der Waals surface area contributed by atoms with Gasteiger partial charge in [0.25, 0.3) is 0 Å². The van der Waals surface area contributed by atoms with Gasteiger partial charge in [-0.3, -0.25) is 4.79 Å². The second kappa shape index (κ2) is 12.4. The van der Waals surface area contributed by atoms with Crippen LogP contribution in [0.2, 0.25) is 0 Å². The van der Waals surface area contributed by atoms with Crippen LogP contribution in [0.25, 0.3) is 21.6 Å². The molecular formula is C28H26N4O6. The fourth-order valence-electron chi connectivity index (χ4n) is 4.60. The fraction of sp³-hybridized carbons (Fsp3) is 0.250. The fourth-order valence-corrected chi connectivity index (χ4v) is 4.60. The van der Waals surface area contributed by atoms with Gasteiger partial charge in [0.2, 0.25) is 0 Å². The number of carboxylic acids is 1. The molecule has 3 aromatic carbocycles. The molecule has 10 heteroatoms. The molecule has 194 valence electrons. The molecule has 0 bridgehead atoms. The standard InChI is InChI=1S/C28H26N4O6/c29-32-30-15-14-23(27(35)37-16-18-8-2-1-3-9-18)25(26(33)34)31-28(36)38-17-24-21-12-6-4-10-19(21)20-11-5-7-13-22(20)24/h1-13,23-25H,14-17H2,(H,31,36)(H,33,34)/t23?,25-/m1/s1. The van der Waals surface area contributed by atoms with Gasteiger partial charge in [-0.05, 0) is 39.8 Å². The molecule has 0 aromatic heterocycles. The average molecular weight is 515 g/mol.